The fraction of sp³-hybridized carbons (Fsp3) is 0.556. The number of hydrogen-bond donors (Lipinski definition) is 2. The van der Waals surface area contributed by atoms with Crippen molar-refractivity contribution in [1.29, 1.82) is 0 Å². The van der Waals surface area contributed by atoms with Gasteiger partial charge in [0.05, 0.1) is 52.9 Å². The molecule has 0 aromatic heterocycles. The third-order valence-corrected chi connectivity index (χ3v) is 7.81. The minimum Gasteiger partial charge on any atom is -0.445 e. The van der Waals surface area contributed by atoms with Crippen LogP contribution in [-0.4, -0.2) is 125 Å². The van der Waals surface area contributed by atoms with E-state index in [1.807, 2.05) is 74.5 Å². The van der Waals surface area contributed by atoms with Gasteiger partial charge in [-0.25, -0.2) is 9.59 Å². The van der Waals surface area contributed by atoms with Gasteiger partial charge in [0.1, 0.15) is 25.3 Å². The van der Waals surface area contributed by atoms with Crippen LogP contribution in [0.4, 0.5) is 9.59 Å². The van der Waals surface area contributed by atoms with Crippen LogP contribution < -0.4 is 10.6 Å². The highest BCUT2D eigenvalue weighted by Crippen LogP contribution is 2.06. The second-order valence-corrected chi connectivity index (χ2v) is 11.4. The predicted molar refractivity (Wildman–Crippen MR) is 184 cm³/mol. The SMILES string of the molecule is CC[C@@H](NC(=O)OCc1ccccc1)C(=O)N1CCOCCOCCN(C(=O)[C@@H](CC)NC(=O)OCc2ccccc2)CCOCCOCC1. The van der Waals surface area contributed by atoms with Crippen molar-refractivity contribution < 1.29 is 47.6 Å². The monoisotopic (exact) mass is 700 g/mol. The van der Waals surface area contributed by atoms with Gasteiger partial charge in [0, 0.05) is 26.2 Å². The number of ether oxygens (including phenoxy) is 6. The summed E-state index contributed by atoms with van der Waals surface area (Å²) in [5, 5.41) is 5.36. The van der Waals surface area contributed by atoms with E-state index in [-0.39, 0.29) is 104 Å². The lowest BCUT2D eigenvalue weighted by atomic mass is 10.2. The quantitative estimate of drug-likeness (QED) is 0.378. The van der Waals surface area contributed by atoms with Crippen LogP contribution >= 0.6 is 0 Å². The summed E-state index contributed by atoms with van der Waals surface area (Å²) >= 11 is 0. The van der Waals surface area contributed by atoms with Crippen molar-refractivity contribution in [3.63, 3.8) is 0 Å². The van der Waals surface area contributed by atoms with Crippen LogP contribution in [-0.2, 0) is 51.2 Å². The number of nitrogens with one attached hydrogen (secondary N) is 2. The average molecular weight is 701 g/mol. The summed E-state index contributed by atoms with van der Waals surface area (Å²) in [5.74, 6) is -0.514. The summed E-state index contributed by atoms with van der Waals surface area (Å²) in [6, 6.07) is 17.1. The minimum atomic E-state index is -0.768. The smallest absolute Gasteiger partial charge is 0.408 e. The van der Waals surface area contributed by atoms with Gasteiger partial charge in [0.2, 0.25) is 11.8 Å². The van der Waals surface area contributed by atoms with Crippen LogP contribution in [0, 0.1) is 0 Å². The largest absolute Gasteiger partial charge is 0.445 e. The van der Waals surface area contributed by atoms with Crippen molar-refractivity contribution in [3.8, 4) is 0 Å². The van der Waals surface area contributed by atoms with E-state index in [0.717, 1.165) is 11.1 Å². The van der Waals surface area contributed by atoms with E-state index >= 15 is 0 Å². The van der Waals surface area contributed by atoms with Gasteiger partial charge in [0.25, 0.3) is 0 Å². The van der Waals surface area contributed by atoms with Gasteiger partial charge in [-0.3, -0.25) is 9.59 Å². The molecule has 0 bridgehead atoms. The third kappa shape index (κ3) is 15.5. The second-order valence-electron chi connectivity index (χ2n) is 11.4. The normalized spacial score (nSPS) is 16.9. The van der Waals surface area contributed by atoms with Gasteiger partial charge in [-0.15, -0.1) is 0 Å². The summed E-state index contributed by atoms with van der Waals surface area (Å²) in [5.41, 5.74) is 1.69. The second kappa shape index (κ2) is 24.0. The maximum atomic E-state index is 13.4. The molecule has 276 valence electrons. The zero-order valence-corrected chi connectivity index (χ0v) is 29.2. The fourth-order valence-electron chi connectivity index (χ4n) is 4.94. The van der Waals surface area contributed by atoms with E-state index in [1.54, 1.807) is 9.80 Å². The zero-order valence-electron chi connectivity index (χ0n) is 29.2. The summed E-state index contributed by atoms with van der Waals surface area (Å²) in [7, 11) is 0. The molecule has 2 atom stereocenters. The molecule has 1 fully saturated rings. The van der Waals surface area contributed by atoms with Crippen LogP contribution in [0.3, 0.4) is 0 Å². The maximum Gasteiger partial charge on any atom is 0.408 e. The summed E-state index contributed by atoms with van der Waals surface area (Å²) in [4.78, 5) is 54.9. The molecule has 1 aliphatic rings. The molecule has 14 heteroatoms. The predicted octanol–water partition coefficient (Wildman–Crippen LogP) is 3.13. The molecular weight excluding hydrogens is 648 g/mol. The summed E-state index contributed by atoms with van der Waals surface area (Å²) in [6.45, 7) is 7.13. The lowest BCUT2D eigenvalue weighted by molar-refractivity contribution is -0.136. The van der Waals surface area contributed by atoms with Crippen molar-refractivity contribution >= 4 is 24.0 Å². The first-order chi connectivity index (χ1) is 24.4. The van der Waals surface area contributed by atoms with Gasteiger partial charge in [-0.1, -0.05) is 74.5 Å². The molecular formula is C36H52N4O10. The van der Waals surface area contributed by atoms with Gasteiger partial charge in [-0.05, 0) is 24.0 Å². The Bertz CT molecular complexity index is 1150. The highest BCUT2D eigenvalue weighted by Gasteiger charge is 2.26. The highest BCUT2D eigenvalue weighted by molar-refractivity contribution is 5.86. The molecule has 4 amide bonds. The van der Waals surface area contributed by atoms with Crippen LogP contribution in [0.15, 0.2) is 60.7 Å². The van der Waals surface area contributed by atoms with Crippen LogP contribution in [0.2, 0.25) is 0 Å². The first-order valence-corrected chi connectivity index (χ1v) is 17.2. The Morgan fingerprint density at radius 2 is 0.880 bits per heavy atom. The van der Waals surface area contributed by atoms with Crippen LogP contribution in [0.1, 0.15) is 37.8 Å². The number of nitrogens with zero attached hydrogens (tertiary/aromatic N) is 2. The van der Waals surface area contributed by atoms with Gasteiger partial charge >= 0.3 is 12.2 Å². The molecule has 0 spiro atoms. The molecule has 1 aliphatic heterocycles. The van der Waals surface area contributed by atoms with Crippen molar-refractivity contribution in [3.05, 3.63) is 71.8 Å². The Labute approximate surface area is 294 Å². The number of alkyl carbamates (subject to hydrolysis) is 2. The zero-order chi connectivity index (χ0) is 35.8. The molecule has 0 aliphatic carbocycles. The molecule has 0 radical (unpaired) electrons. The summed E-state index contributed by atoms with van der Waals surface area (Å²) in [6.07, 6.45) is -0.571. The Kier molecular flexibility index (Phi) is 19.3. The first-order valence-electron chi connectivity index (χ1n) is 17.2. The molecule has 1 saturated heterocycles. The highest BCUT2D eigenvalue weighted by atomic mass is 16.6. The van der Waals surface area contributed by atoms with Gasteiger partial charge in [0.15, 0.2) is 0 Å². The van der Waals surface area contributed by atoms with Crippen molar-refractivity contribution in [2.45, 2.75) is 52.0 Å². The molecule has 2 aromatic rings. The number of carbonyl (C=O) groups excluding carboxylic acids is 4. The number of benzene rings is 2. The van der Waals surface area contributed by atoms with E-state index in [2.05, 4.69) is 10.6 Å². The molecule has 14 nitrogen and oxygen atoms in total. The lowest BCUT2D eigenvalue weighted by Gasteiger charge is -2.28. The molecule has 1 heterocycles. The maximum absolute atomic E-state index is 13.4. The van der Waals surface area contributed by atoms with Gasteiger partial charge in [-0.2, -0.15) is 0 Å². The number of rotatable bonds is 10. The third-order valence-electron chi connectivity index (χ3n) is 7.81. The molecule has 2 aromatic carbocycles. The minimum absolute atomic E-state index is 0.101. The van der Waals surface area contributed by atoms with E-state index in [4.69, 9.17) is 28.4 Å². The van der Waals surface area contributed by atoms with E-state index in [1.165, 1.54) is 0 Å². The Morgan fingerprint density at radius 3 is 1.18 bits per heavy atom. The van der Waals surface area contributed by atoms with Crippen molar-refractivity contribution in [2.24, 2.45) is 0 Å². The summed E-state index contributed by atoms with van der Waals surface area (Å²) < 4.78 is 33.6. The molecule has 3 rings (SSSR count). The lowest BCUT2D eigenvalue weighted by Crippen LogP contribution is -2.50. The van der Waals surface area contributed by atoms with Gasteiger partial charge < -0.3 is 48.9 Å². The average Bonchev–Trinajstić information content (AvgIpc) is 3.14. The van der Waals surface area contributed by atoms with Crippen LogP contribution in [0.25, 0.3) is 0 Å². The number of amides is 4. The topological polar surface area (TPSA) is 154 Å². The van der Waals surface area contributed by atoms with Crippen LogP contribution in [0.5, 0.6) is 0 Å². The Balaban J connectivity index is 1.46. The molecule has 2 N–H and O–H groups in total. The molecule has 0 unspecified atom stereocenters. The number of carbonyl (C=O) groups is 4. The van der Waals surface area contributed by atoms with Crippen molar-refractivity contribution in [2.75, 3.05) is 79.0 Å². The molecule has 50 heavy (non-hydrogen) atoms. The number of hydrogen-bond acceptors (Lipinski definition) is 10. The van der Waals surface area contributed by atoms with E-state index in [9.17, 15) is 19.2 Å². The Hall–Kier alpha value is -4.24. The van der Waals surface area contributed by atoms with E-state index < -0.39 is 24.3 Å². The first kappa shape index (κ1) is 40.2. The fourth-order valence-corrected chi connectivity index (χ4v) is 4.94. The standard InChI is InChI=1S/C36H52N4O10/c1-3-31(37-35(43)49-27-29-11-7-5-8-12-29)33(41)39-15-19-45-23-25-47-21-17-40(18-22-48-26-24-46-20-16-39)34(42)32(4-2)38-36(44)50-28-30-13-9-6-10-14-30/h5-14,31-32H,3-4,15-28H2,1-2H3,(H,37,43)(H,38,44)/t31-,32-/m1/s1. The Morgan fingerprint density at radius 1 is 0.560 bits per heavy atom. The van der Waals surface area contributed by atoms with E-state index in [0.29, 0.717) is 12.8 Å². The molecule has 0 saturated carbocycles. The van der Waals surface area contributed by atoms with Crippen molar-refractivity contribution in [1.82, 2.24) is 20.4 Å².